The molecule has 1 N–H and O–H groups in total. The Bertz CT molecular complexity index is 991. The summed E-state index contributed by atoms with van der Waals surface area (Å²) in [4.78, 5) is 12.4. The van der Waals surface area contributed by atoms with E-state index in [9.17, 15) is 13.6 Å². The fraction of sp³-hybridized carbons (Fsp3) is 0.150. The summed E-state index contributed by atoms with van der Waals surface area (Å²) in [6.45, 7) is 5.91. The Kier molecular flexibility index (Phi) is 6.20. The van der Waals surface area contributed by atoms with Crippen molar-refractivity contribution in [3.63, 3.8) is 0 Å². The van der Waals surface area contributed by atoms with E-state index in [1.54, 1.807) is 13.0 Å². The van der Waals surface area contributed by atoms with Crippen LogP contribution in [0.4, 0.5) is 14.5 Å². The van der Waals surface area contributed by atoms with Crippen LogP contribution in [-0.2, 0) is 11.3 Å². The van der Waals surface area contributed by atoms with Gasteiger partial charge < -0.3 is 5.32 Å². The molecule has 0 saturated carbocycles. The van der Waals surface area contributed by atoms with E-state index in [4.69, 9.17) is 0 Å². The van der Waals surface area contributed by atoms with Gasteiger partial charge >= 0.3 is 0 Å². The van der Waals surface area contributed by atoms with Crippen LogP contribution >= 0.6 is 11.8 Å². The molecule has 8 heteroatoms. The SMILES string of the molecule is C=CCn1c(S[C@@H](C)C(=O)Nc2ccc(F)cc2F)nnc1-c1ccccc1. The van der Waals surface area contributed by atoms with Crippen LogP contribution in [-0.4, -0.2) is 25.9 Å². The van der Waals surface area contributed by atoms with Gasteiger partial charge in [-0.25, -0.2) is 8.78 Å². The Morgan fingerprint density at radius 3 is 2.68 bits per heavy atom. The van der Waals surface area contributed by atoms with E-state index in [1.807, 2.05) is 34.9 Å². The molecular formula is C20H18F2N4OS. The van der Waals surface area contributed by atoms with Crippen molar-refractivity contribution in [2.24, 2.45) is 0 Å². The van der Waals surface area contributed by atoms with Crippen molar-refractivity contribution in [3.8, 4) is 11.4 Å². The number of anilines is 1. The van der Waals surface area contributed by atoms with Crippen molar-refractivity contribution < 1.29 is 13.6 Å². The van der Waals surface area contributed by atoms with Crippen LogP contribution in [0.25, 0.3) is 11.4 Å². The third-order valence-electron chi connectivity index (χ3n) is 3.90. The van der Waals surface area contributed by atoms with Crippen molar-refractivity contribution >= 4 is 23.4 Å². The third-order valence-corrected chi connectivity index (χ3v) is 4.98. The van der Waals surface area contributed by atoms with Crippen molar-refractivity contribution in [1.82, 2.24) is 14.8 Å². The summed E-state index contributed by atoms with van der Waals surface area (Å²) < 4.78 is 28.6. The van der Waals surface area contributed by atoms with Gasteiger partial charge in [0.2, 0.25) is 5.91 Å². The molecule has 0 unspecified atom stereocenters. The first-order valence-electron chi connectivity index (χ1n) is 8.51. The molecule has 2 aromatic carbocycles. The normalized spacial score (nSPS) is 11.8. The van der Waals surface area contributed by atoms with Crippen molar-refractivity contribution in [3.05, 3.63) is 72.8 Å². The minimum absolute atomic E-state index is 0.0728. The molecule has 144 valence electrons. The molecule has 28 heavy (non-hydrogen) atoms. The first-order chi connectivity index (χ1) is 13.5. The van der Waals surface area contributed by atoms with Crippen LogP contribution in [0.15, 0.2) is 66.3 Å². The van der Waals surface area contributed by atoms with Crippen LogP contribution in [0.3, 0.4) is 0 Å². The maximum atomic E-state index is 13.8. The van der Waals surface area contributed by atoms with E-state index in [1.165, 1.54) is 17.8 Å². The summed E-state index contributed by atoms with van der Waals surface area (Å²) in [5, 5.41) is 10.9. The summed E-state index contributed by atoms with van der Waals surface area (Å²) >= 11 is 1.20. The molecule has 5 nitrogen and oxygen atoms in total. The number of rotatable bonds is 7. The molecule has 3 aromatic rings. The van der Waals surface area contributed by atoms with Gasteiger partial charge in [0.25, 0.3) is 0 Å². The fourth-order valence-electron chi connectivity index (χ4n) is 2.51. The zero-order chi connectivity index (χ0) is 20.1. The second kappa shape index (κ2) is 8.79. The molecule has 0 aliphatic heterocycles. The molecule has 1 heterocycles. The minimum atomic E-state index is -0.827. The van der Waals surface area contributed by atoms with Gasteiger partial charge in [0.1, 0.15) is 11.6 Å². The highest BCUT2D eigenvalue weighted by Crippen LogP contribution is 2.27. The van der Waals surface area contributed by atoms with E-state index in [0.717, 1.165) is 17.7 Å². The minimum Gasteiger partial charge on any atom is -0.323 e. The van der Waals surface area contributed by atoms with E-state index in [2.05, 4.69) is 22.1 Å². The quantitative estimate of drug-likeness (QED) is 0.468. The second-order valence-corrected chi connectivity index (χ2v) is 7.25. The molecule has 0 fully saturated rings. The molecule has 0 bridgehead atoms. The zero-order valence-corrected chi connectivity index (χ0v) is 15.9. The number of benzene rings is 2. The molecule has 0 spiro atoms. The van der Waals surface area contributed by atoms with Gasteiger partial charge in [-0.1, -0.05) is 48.2 Å². The largest absolute Gasteiger partial charge is 0.323 e. The highest BCUT2D eigenvalue weighted by atomic mass is 32.2. The number of carbonyl (C=O) groups excluding carboxylic acids is 1. The highest BCUT2D eigenvalue weighted by molar-refractivity contribution is 8.00. The van der Waals surface area contributed by atoms with Crippen molar-refractivity contribution in [1.29, 1.82) is 0 Å². The smallest absolute Gasteiger partial charge is 0.237 e. The molecule has 1 aromatic heterocycles. The van der Waals surface area contributed by atoms with Crippen LogP contribution < -0.4 is 5.32 Å². The van der Waals surface area contributed by atoms with E-state index in [-0.39, 0.29) is 5.69 Å². The number of allylic oxidation sites excluding steroid dienone is 1. The number of nitrogens with zero attached hydrogens (tertiary/aromatic N) is 3. The van der Waals surface area contributed by atoms with Gasteiger partial charge in [-0.15, -0.1) is 16.8 Å². The van der Waals surface area contributed by atoms with Crippen LogP contribution in [0, 0.1) is 11.6 Å². The lowest BCUT2D eigenvalue weighted by atomic mass is 10.2. The Morgan fingerprint density at radius 1 is 1.25 bits per heavy atom. The molecule has 0 saturated heterocycles. The van der Waals surface area contributed by atoms with Gasteiger partial charge in [0.15, 0.2) is 11.0 Å². The Hall–Kier alpha value is -3.00. The number of halogens is 2. The Morgan fingerprint density at radius 2 is 2.00 bits per heavy atom. The van der Waals surface area contributed by atoms with Gasteiger partial charge in [-0.05, 0) is 19.1 Å². The van der Waals surface area contributed by atoms with Crippen LogP contribution in [0.2, 0.25) is 0 Å². The summed E-state index contributed by atoms with van der Waals surface area (Å²) in [6, 6.07) is 12.6. The van der Waals surface area contributed by atoms with Gasteiger partial charge in [-0.2, -0.15) is 0 Å². The monoisotopic (exact) mass is 400 g/mol. The van der Waals surface area contributed by atoms with Gasteiger partial charge in [0.05, 0.1) is 10.9 Å². The van der Waals surface area contributed by atoms with E-state index < -0.39 is 22.8 Å². The summed E-state index contributed by atoms with van der Waals surface area (Å²) in [7, 11) is 0. The van der Waals surface area contributed by atoms with Crippen molar-refractivity contribution in [2.75, 3.05) is 5.32 Å². The molecule has 1 amide bonds. The van der Waals surface area contributed by atoms with E-state index in [0.29, 0.717) is 17.5 Å². The predicted octanol–water partition coefficient (Wildman–Crippen LogP) is 4.53. The van der Waals surface area contributed by atoms with Crippen LogP contribution in [0.1, 0.15) is 6.92 Å². The second-order valence-electron chi connectivity index (χ2n) is 5.94. The summed E-state index contributed by atoms with van der Waals surface area (Å²) in [6.07, 6.45) is 1.72. The van der Waals surface area contributed by atoms with Gasteiger partial charge in [0, 0.05) is 18.2 Å². The zero-order valence-electron chi connectivity index (χ0n) is 15.1. The number of hydrogen-bond acceptors (Lipinski definition) is 4. The molecule has 3 rings (SSSR count). The van der Waals surface area contributed by atoms with Crippen LogP contribution in [0.5, 0.6) is 0 Å². The molecule has 0 radical (unpaired) electrons. The topological polar surface area (TPSA) is 59.8 Å². The number of nitrogens with one attached hydrogen (secondary N) is 1. The van der Waals surface area contributed by atoms with Gasteiger partial charge in [-0.3, -0.25) is 9.36 Å². The summed E-state index contributed by atoms with van der Waals surface area (Å²) in [5.41, 5.74) is 0.825. The molecule has 0 aliphatic rings. The predicted molar refractivity (Wildman–Crippen MR) is 106 cm³/mol. The fourth-order valence-corrected chi connectivity index (χ4v) is 3.37. The Balaban J connectivity index is 1.78. The summed E-state index contributed by atoms with van der Waals surface area (Å²) in [5.74, 6) is -1.29. The maximum absolute atomic E-state index is 13.8. The average molecular weight is 400 g/mol. The number of amides is 1. The lowest BCUT2D eigenvalue weighted by Gasteiger charge is -2.13. The lowest BCUT2D eigenvalue weighted by Crippen LogP contribution is -2.23. The molecular weight excluding hydrogens is 382 g/mol. The number of hydrogen-bond donors (Lipinski definition) is 1. The standard InChI is InChI=1S/C20H18F2N4OS/c1-3-11-26-18(14-7-5-4-6-8-14)24-25-20(26)28-13(2)19(27)23-17-10-9-15(21)12-16(17)22/h3-10,12-13H,1,11H2,2H3,(H,23,27)/t13-/m0/s1. The first-order valence-corrected chi connectivity index (χ1v) is 9.39. The Labute approximate surface area is 165 Å². The average Bonchev–Trinajstić information content (AvgIpc) is 3.07. The molecule has 1 atom stereocenters. The maximum Gasteiger partial charge on any atom is 0.237 e. The van der Waals surface area contributed by atoms with E-state index >= 15 is 0 Å². The highest BCUT2D eigenvalue weighted by Gasteiger charge is 2.21. The number of carbonyl (C=O) groups is 1. The lowest BCUT2D eigenvalue weighted by molar-refractivity contribution is -0.115. The first kappa shape index (κ1) is 19.8. The van der Waals surface area contributed by atoms with Crippen molar-refractivity contribution in [2.45, 2.75) is 23.9 Å². The number of aromatic nitrogens is 3. The third kappa shape index (κ3) is 4.45. The number of thioether (sulfide) groups is 1. The molecule has 0 aliphatic carbocycles.